The Kier molecular flexibility index (Phi) is 6.26. The lowest BCUT2D eigenvalue weighted by atomic mass is 9.96. The van der Waals surface area contributed by atoms with Gasteiger partial charge in [-0.15, -0.1) is 0 Å². The normalized spacial score (nSPS) is 21.9. The Balaban J connectivity index is 1.64. The van der Waals surface area contributed by atoms with Gasteiger partial charge in [-0.1, -0.05) is 0 Å². The molecular formula is C15H29N3O2. The monoisotopic (exact) mass is 283 g/mol. The number of likely N-dealkylation sites (tertiary alicyclic amines) is 2. The van der Waals surface area contributed by atoms with E-state index in [9.17, 15) is 4.79 Å². The zero-order valence-corrected chi connectivity index (χ0v) is 12.8. The number of aliphatic hydroxyl groups is 1. The van der Waals surface area contributed by atoms with Gasteiger partial charge in [0.05, 0.1) is 13.2 Å². The SMILES string of the molecule is CN(CC(=O)N1CCCC1)CC1CCN(CCO)CC1. The van der Waals surface area contributed by atoms with E-state index in [-0.39, 0.29) is 6.61 Å². The molecule has 2 saturated heterocycles. The molecule has 116 valence electrons. The first-order chi connectivity index (χ1) is 9.69. The lowest BCUT2D eigenvalue weighted by molar-refractivity contribution is -0.131. The number of amides is 1. The van der Waals surface area contributed by atoms with Crippen molar-refractivity contribution in [2.24, 2.45) is 5.92 Å². The summed E-state index contributed by atoms with van der Waals surface area (Å²) in [6, 6.07) is 0. The summed E-state index contributed by atoms with van der Waals surface area (Å²) in [5, 5.41) is 8.94. The van der Waals surface area contributed by atoms with E-state index < -0.39 is 0 Å². The molecule has 0 aliphatic carbocycles. The van der Waals surface area contributed by atoms with Gasteiger partial charge in [-0.05, 0) is 51.7 Å². The number of β-amino-alcohol motifs (C(OH)–C–C–N with tert-alkyl or cyclic N) is 1. The van der Waals surface area contributed by atoms with Crippen molar-refractivity contribution in [1.82, 2.24) is 14.7 Å². The fourth-order valence-electron chi connectivity index (χ4n) is 3.34. The van der Waals surface area contributed by atoms with Crippen molar-refractivity contribution in [3.8, 4) is 0 Å². The Labute approximate surface area is 122 Å². The van der Waals surface area contributed by atoms with Crippen LogP contribution in [0.4, 0.5) is 0 Å². The van der Waals surface area contributed by atoms with Crippen molar-refractivity contribution in [2.45, 2.75) is 25.7 Å². The van der Waals surface area contributed by atoms with Crippen molar-refractivity contribution >= 4 is 5.91 Å². The lowest BCUT2D eigenvalue weighted by Crippen LogP contribution is -2.42. The second-order valence-electron chi connectivity index (χ2n) is 6.29. The summed E-state index contributed by atoms with van der Waals surface area (Å²) in [5.41, 5.74) is 0. The number of hydrogen-bond donors (Lipinski definition) is 1. The molecule has 5 nitrogen and oxygen atoms in total. The average Bonchev–Trinajstić information content (AvgIpc) is 2.95. The number of piperidine rings is 1. The van der Waals surface area contributed by atoms with Crippen LogP contribution in [0.5, 0.6) is 0 Å². The van der Waals surface area contributed by atoms with Gasteiger partial charge < -0.3 is 14.9 Å². The summed E-state index contributed by atoms with van der Waals surface area (Å²) in [6.07, 6.45) is 4.70. The molecule has 2 fully saturated rings. The number of rotatable bonds is 6. The van der Waals surface area contributed by atoms with E-state index in [0.29, 0.717) is 18.4 Å². The van der Waals surface area contributed by atoms with Crippen LogP contribution in [0, 0.1) is 5.92 Å². The third-order valence-electron chi connectivity index (χ3n) is 4.56. The summed E-state index contributed by atoms with van der Waals surface area (Å²) >= 11 is 0. The fraction of sp³-hybridized carbons (Fsp3) is 0.933. The van der Waals surface area contributed by atoms with Crippen LogP contribution >= 0.6 is 0 Å². The molecular weight excluding hydrogens is 254 g/mol. The van der Waals surface area contributed by atoms with Crippen LogP contribution in [-0.4, -0.2) is 85.2 Å². The van der Waals surface area contributed by atoms with Crippen molar-refractivity contribution in [2.75, 3.05) is 59.5 Å². The largest absolute Gasteiger partial charge is 0.395 e. The van der Waals surface area contributed by atoms with Crippen molar-refractivity contribution in [3.05, 3.63) is 0 Å². The van der Waals surface area contributed by atoms with Gasteiger partial charge >= 0.3 is 0 Å². The first kappa shape index (κ1) is 15.7. The zero-order valence-electron chi connectivity index (χ0n) is 12.8. The van der Waals surface area contributed by atoms with Crippen LogP contribution in [0.15, 0.2) is 0 Å². The van der Waals surface area contributed by atoms with Crippen LogP contribution in [0.3, 0.4) is 0 Å². The molecule has 0 spiro atoms. The molecule has 1 N–H and O–H groups in total. The molecule has 0 aromatic heterocycles. The van der Waals surface area contributed by atoms with Gasteiger partial charge in [-0.3, -0.25) is 9.69 Å². The maximum atomic E-state index is 12.1. The Bertz CT molecular complexity index is 297. The lowest BCUT2D eigenvalue weighted by Gasteiger charge is -2.33. The van der Waals surface area contributed by atoms with Gasteiger partial charge in [0.1, 0.15) is 0 Å². The Hall–Kier alpha value is -0.650. The number of carbonyl (C=O) groups excluding carboxylic acids is 1. The van der Waals surface area contributed by atoms with Crippen LogP contribution in [0.1, 0.15) is 25.7 Å². The molecule has 20 heavy (non-hydrogen) atoms. The first-order valence-corrected chi connectivity index (χ1v) is 7.98. The third-order valence-corrected chi connectivity index (χ3v) is 4.56. The quantitative estimate of drug-likeness (QED) is 0.759. The van der Waals surface area contributed by atoms with Crippen molar-refractivity contribution in [1.29, 1.82) is 0 Å². The van der Waals surface area contributed by atoms with Gasteiger partial charge in [0.15, 0.2) is 0 Å². The highest BCUT2D eigenvalue weighted by Crippen LogP contribution is 2.18. The van der Waals surface area contributed by atoms with Crippen LogP contribution in [0.25, 0.3) is 0 Å². The summed E-state index contributed by atoms with van der Waals surface area (Å²) in [6.45, 7) is 6.71. The van der Waals surface area contributed by atoms with Gasteiger partial charge in [0.25, 0.3) is 0 Å². The molecule has 1 amide bonds. The molecule has 0 aromatic rings. The molecule has 0 saturated carbocycles. The Morgan fingerprint density at radius 2 is 1.85 bits per heavy atom. The molecule has 0 atom stereocenters. The molecule has 2 aliphatic heterocycles. The predicted molar refractivity (Wildman–Crippen MR) is 79.6 cm³/mol. The Morgan fingerprint density at radius 3 is 2.45 bits per heavy atom. The highest BCUT2D eigenvalue weighted by molar-refractivity contribution is 5.78. The standard InChI is InChI=1S/C15H29N3O2/c1-16(13-15(20)18-6-2-3-7-18)12-14-4-8-17(9-5-14)10-11-19/h14,19H,2-13H2,1H3. The molecule has 0 bridgehead atoms. The van der Waals surface area contributed by atoms with Gasteiger partial charge in [-0.25, -0.2) is 0 Å². The smallest absolute Gasteiger partial charge is 0.236 e. The molecule has 5 heteroatoms. The van der Waals surface area contributed by atoms with E-state index in [2.05, 4.69) is 16.8 Å². The number of carbonyl (C=O) groups is 1. The number of hydrogen-bond acceptors (Lipinski definition) is 4. The second kappa shape index (κ2) is 7.96. The maximum Gasteiger partial charge on any atom is 0.236 e. The van der Waals surface area contributed by atoms with Crippen LogP contribution in [-0.2, 0) is 4.79 Å². The number of likely N-dealkylation sites (N-methyl/N-ethyl adjacent to an activating group) is 1. The summed E-state index contributed by atoms with van der Waals surface area (Å²) < 4.78 is 0. The minimum absolute atomic E-state index is 0.259. The van der Waals surface area contributed by atoms with E-state index in [1.54, 1.807) is 0 Å². The van der Waals surface area contributed by atoms with E-state index in [0.717, 1.165) is 39.3 Å². The topological polar surface area (TPSA) is 47.0 Å². The number of aliphatic hydroxyl groups excluding tert-OH is 1. The minimum Gasteiger partial charge on any atom is -0.395 e. The highest BCUT2D eigenvalue weighted by atomic mass is 16.3. The van der Waals surface area contributed by atoms with Gasteiger partial charge in [0, 0.05) is 26.2 Å². The molecule has 0 radical (unpaired) electrons. The second-order valence-corrected chi connectivity index (χ2v) is 6.29. The molecule has 2 aliphatic rings. The van der Waals surface area contributed by atoms with Gasteiger partial charge in [-0.2, -0.15) is 0 Å². The molecule has 2 rings (SSSR count). The molecule has 0 aromatic carbocycles. The Morgan fingerprint density at radius 1 is 1.20 bits per heavy atom. The zero-order chi connectivity index (χ0) is 14.4. The van der Waals surface area contributed by atoms with Crippen LogP contribution < -0.4 is 0 Å². The minimum atomic E-state index is 0.259. The summed E-state index contributed by atoms with van der Waals surface area (Å²) in [4.78, 5) is 18.6. The summed E-state index contributed by atoms with van der Waals surface area (Å²) in [5.74, 6) is 0.990. The van der Waals surface area contributed by atoms with E-state index >= 15 is 0 Å². The van der Waals surface area contributed by atoms with E-state index in [4.69, 9.17) is 5.11 Å². The third kappa shape index (κ3) is 4.72. The van der Waals surface area contributed by atoms with E-state index in [1.165, 1.54) is 25.7 Å². The fourth-order valence-corrected chi connectivity index (χ4v) is 3.34. The van der Waals surface area contributed by atoms with Crippen molar-refractivity contribution in [3.63, 3.8) is 0 Å². The predicted octanol–water partition coefficient (Wildman–Crippen LogP) is 0.245. The van der Waals surface area contributed by atoms with Crippen molar-refractivity contribution < 1.29 is 9.90 Å². The number of nitrogens with zero attached hydrogens (tertiary/aromatic N) is 3. The molecule has 0 unspecified atom stereocenters. The summed E-state index contributed by atoms with van der Waals surface area (Å²) in [7, 11) is 2.06. The highest BCUT2D eigenvalue weighted by Gasteiger charge is 2.23. The van der Waals surface area contributed by atoms with Gasteiger partial charge in [0.2, 0.25) is 5.91 Å². The first-order valence-electron chi connectivity index (χ1n) is 7.98. The van der Waals surface area contributed by atoms with E-state index in [1.807, 2.05) is 4.90 Å². The average molecular weight is 283 g/mol. The maximum absolute atomic E-state index is 12.1. The molecule has 2 heterocycles. The van der Waals surface area contributed by atoms with Crippen LogP contribution in [0.2, 0.25) is 0 Å².